The predicted octanol–water partition coefficient (Wildman–Crippen LogP) is 2.99. The number of benzene rings is 1. The molecule has 2 aromatic rings. The van der Waals surface area contributed by atoms with Gasteiger partial charge in [-0.25, -0.2) is 9.38 Å². The number of nitrogens with zero attached hydrogens (tertiary/aromatic N) is 4. The van der Waals surface area contributed by atoms with Gasteiger partial charge in [0.1, 0.15) is 23.3 Å². The summed E-state index contributed by atoms with van der Waals surface area (Å²) in [6.45, 7) is 0. The van der Waals surface area contributed by atoms with E-state index in [9.17, 15) is 9.65 Å². The minimum Gasteiger partial charge on any atom is -0.494 e. The molecule has 5 nitrogen and oxygen atoms in total. The van der Waals surface area contributed by atoms with Crippen molar-refractivity contribution < 1.29 is 9.13 Å². The van der Waals surface area contributed by atoms with Gasteiger partial charge < -0.3 is 9.64 Å². The smallest absolute Gasteiger partial charge is 0.146 e. The van der Waals surface area contributed by atoms with Gasteiger partial charge in [-0.05, 0) is 24.3 Å². The van der Waals surface area contributed by atoms with E-state index in [1.54, 1.807) is 29.4 Å². The minimum absolute atomic E-state index is 0.360. The Kier molecular flexibility index (Phi) is 4.69. The molecule has 0 amide bonds. The first-order chi connectivity index (χ1) is 10.5. The normalized spacial score (nSPS) is 10.5. The van der Waals surface area contributed by atoms with Crippen molar-refractivity contribution in [2.24, 2.45) is 4.99 Å². The molecule has 2 rings (SSSR count). The van der Waals surface area contributed by atoms with E-state index < -0.39 is 5.82 Å². The van der Waals surface area contributed by atoms with Crippen LogP contribution in [-0.4, -0.2) is 37.4 Å². The Bertz CT molecular complexity index is 733. The molecule has 1 aromatic heterocycles. The third-order valence-corrected chi connectivity index (χ3v) is 2.86. The van der Waals surface area contributed by atoms with Gasteiger partial charge in [0.15, 0.2) is 0 Å². The number of hydrogen-bond acceptors (Lipinski definition) is 4. The van der Waals surface area contributed by atoms with Crippen molar-refractivity contribution in [1.82, 2.24) is 9.88 Å². The van der Waals surface area contributed by atoms with Crippen LogP contribution in [0.25, 0.3) is 11.3 Å². The highest BCUT2D eigenvalue weighted by Crippen LogP contribution is 2.35. The first-order valence-corrected chi connectivity index (χ1v) is 6.50. The zero-order valence-electron chi connectivity index (χ0n) is 12.5. The summed E-state index contributed by atoms with van der Waals surface area (Å²) in [6, 6.07) is 8.35. The molecule has 0 aliphatic rings. The van der Waals surface area contributed by atoms with Crippen LogP contribution in [0.4, 0.5) is 10.1 Å². The van der Waals surface area contributed by atoms with Crippen molar-refractivity contribution in [3.63, 3.8) is 0 Å². The first kappa shape index (κ1) is 15.4. The third-order valence-electron chi connectivity index (χ3n) is 2.86. The van der Waals surface area contributed by atoms with Gasteiger partial charge in [-0.1, -0.05) is 0 Å². The van der Waals surface area contributed by atoms with Gasteiger partial charge in [0.05, 0.1) is 30.9 Å². The number of rotatable bonds is 4. The summed E-state index contributed by atoms with van der Waals surface area (Å²) in [5, 5.41) is 9.35. The van der Waals surface area contributed by atoms with Gasteiger partial charge in [-0.2, -0.15) is 5.26 Å². The molecular weight excluding hydrogens is 283 g/mol. The lowest BCUT2D eigenvalue weighted by Gasteiger charge is -2.10. The van der Waals surface area contributed by atoms with Gasteiger partial charge in [-0.3, -0.25) is 4.98 Å². The Labute approximate surface area is 128 Å². The number of pyridine rings is 1. The number of halogens is 1. The molecule has 0 aliphatic carbocycles. The average molecular weight is 298 g/mol. The lowest BCUT2D eigenvalue weighted by atomic mass is 10.1. The SMILES string of the molecule is COc1cc(-c2ccc(F)cn2)cc(C#N)c1/N=C/N(C)C. The quantitative estimate of drug-likeness (QED) is 0.643. The molecule has 1 aromatic carbocycles. The molecule has 0 saturated heterocycles. The van der Waals surface area contributed by atoms with Crippen molar-refractivity contribution in [2.45, 2.75) is 0 Å². The second-order valence-electron chi connectivity index (χ2n) is 4.76. The fraction of sp³-hybridized carbons (Fsp3) is 0.188. The van der Waals surface area contributed by atoms with Crippen LogP contribution in [0.15, 0.2) is 35.5 Å². The highest BCUT2D eigenvalue weighted by atomic mass is 19.1. The molecular formula is C16H15FN4O. The van der Waals surface area contributed by atoms with Crippen LogP contribution in [0.5, 0.6) is 5.75 Å². The molecule has 0 unspecified atom stereocenters. The predicted molar refractivity (Wildman–Crippen MR) is 82.7 cm³/mol. The van der Waals surface area contributed by atoms with E-state index in [2.05, 4.69) is 16.0 Å². The molecule has 0 saturated carbocycles. The molecule has 0 fully saturated rings. The Morgan fingerprint density at radius 2 is 2.14 bits per heavy atom. The number of methoxy groups -OCH3 is 1. The third kappa shape index (κ3) is 3.38. The lowest BCUT2D eigenvalue weighted by molar-refractivity contribution is 0.416. The molecule has 0 N–H and O–H groups in total. The van der Waals surface area contributed by atoms with E-state index in [4.69, 9.17) is 4.74 Å². The summed E-state index contributed by atoms with van der Waals surface area (Å²) in [5.41, 5.74) is 2.03. The van der Waals surface area contributed by atoms with E-state index in [1.807, 2.05) is 14.1 Å². The fourth-order valence-corrected chi connectivity index (χ4v) is 1.85. The Balaban J connectivity index is 2.56. The summed E-state index contributed by atoms with van der Waals surface area (Å²) in [7, 11) is 5.17. The zero-order valence-corrected chi connectivity index (χ0v) is 12.5. The first-order valence-electron chi connectivity index (χ1n) is 6.50. The van der Waals surface area contributed by atoms with E-state index in [0.29, 0.717) is 28.3 Å². The van der Waals surface area contributed by atoms with Crippen LogP contribution < -0.4 is 4.74 Å². The van der Waals surface area contributed by atoms with Crippen molar-refractivity contribution >= 4 is 12.0 Å². The molecule has 0 radical (unpaired) electrons. The van der Waals surface area contributed by atoms with Gasteiger partial charge in [0, 0.05) is 19.7 Å². The van der Waals surface area contributed by atoms with Crippen LogP contribution in [0.3, 0.4) is 0 Å². The Morgan fingerprint density at radius 3 is 2.68 bits per heavy atom. The van der Waals surface area contributed by atoms with Crippen LogP contribution >= 0.6 is 0 Å². The van der Waals surface area contributed by atoms with Gasteiger partial charge in [0.2, 0.25) is 0 Å². The molecule has 0 bridgehead atoms. The van der Waals surface area contributed by atoms with E-state index in [0.717, 1.165) is 6.20 Å². The monoisotopic (exact) mass is 298 g/mol. The highest BCUT2D eigenvalue weighted by molar-refractivity contribution is 5.76. The van der Waals surface area contributed by atoms with Crippen LogP contribution in [0.2, 0.25) is 0 Å². The number of ether oxygens (including phenoxy) is 1. The summed E-state index contributed by atoms with van der Waals surface area (Å²) < 4.78 is 18.3. The fourth-order valence-electron chi connectivity index (χ4n) is 1.85. The Morgan fingerprint density at radius 1 is 1.36 bits per heavy atom. The van der Waals surface area contributed by atoms with Gasteiger partial charge in [-0.15, -0.1) is 0 Å². The maximum Gasteiger partial charge on any atom is 0.146 e. The molecule has 1 heterocycles. The molecule has 0 spiro atoms. The number of hydrogen-bond donors (Lipinski definition) is 0. The second-order valence-corrected chi connectivity index (χ2v) is 4.76. The number of aromatic nitrogens is 1. The number of nitriles is 1. The summed E-state index contributed by atoms with van der Waals surface area (Å²) >= 11 is 0. The Hall–Kier alpha value is -2.94. The molecule has 0 atom stereocenters. The average Bonchev–Trinajstić information content (AvgIpc) is 2.52. The molecule has 0 aliphatic heterocycles. The largest absolute Gasteiger partial charge is 0.494 e. The van der Waals surface area contributed by atoms with E-state index in [1.165, 1.54) is 13.2 Å². The number of aliphatic imine (C=N–C) groups is 1. The van der Waals surface area contributed by atoms with Crippen molar-refractivity contribution in [1.29, 1.82) is 5.26 Å². The minimum atomic E-state index is -0.413. The second kappa shape index (κ2) is 6.68. The van der Waals surface area contributed by atoms with Crippen molar-refractivity contribution in [3.8, 4) is 23.1 Å². The summed E-state index contributed by atoms with van der Waals surface area (Å²) in [5.74, 6) is 0.0432. The summed E-state index contributed by atoms with van der Waals surface area (Å²) in [4.78, 5) is 10.0. The molecule has 112 valence electrons. The lowest BCUT2D eigenvalue weighted by Crippen LogP contribution is -2.07. The van der Waals surface area contributed by atoms with E-state index >= 15 is 0 Å². The van der Waals surface area contributed by atoms with Crippen molar-refractivity contribution in [3.05, 3.63) is 41.8 Å². The molecule has 6 heteroatoms. The topological polar surface area (TPSA) is 61.5 Å². The zero-order chi connectivity index (χ0) is 16.1. The van der Waals surface area contributed by atoms with Crippen LogP contribution in [-0.2, 0) is 0 Å². The maximum atomic E-state index is 13.0. The maximum absolute atomic E-state index is 13.0. The van der Waals surface area contributed by atoms with Gasteiger partial charge >= 0.3 is 0 Å². The van der Waals surface area contributed by atoms with Gasteiger partial charge in [0.25, 0.3) is 0 Å². The molecule has 22 heavy (non-hydrogen) atoms. The van der Waals surface area contributed by atoms with Crippen molar-refractivity contribution in [2.75, 3.05) is 21.2 Å². The standard InChI is InChI=1S/C16H15FN4O/c1-21(2)10-20-16-12(8-18)6-11(7-15(16)22-3)14-5-4-13(17)9-19-14/h4-7,9-10H,1-3H3/b20-10+. The van der Waals surface area contributed by atoms with Crippen LogP contribution in [0, 0.1) is 17.1 Å². The van der Waals surface area contributed by atoms with E-state index in [-0.39, 0.29) is 0 Å². The highest BCUT2D eigenvalue weighted by Gasteiger charge is 2.12. The van der Waals surface area contributed by atoms with Crippen LogP contribution in [0.1, 0.15) is 5.56 Å². The summed E-state index contributed by atoms with van der Waals surface area (Å²) in [6.07, 6.45) is 2.72.